The fraction of sp³-hybridized carbons (Fsp3) is 0.435. The third-order valence-electron chi connectivity index (χ3n) is 5.42. The monoisotopic (exact) mass is 365 g/mol. The molecule has 0 radical (unpaired) electrons. The third kappa shape index (κ3) is 4.62. The van der Waals surface area contributed by atoms with Gasteiger partial charge in [0.25, 0.3) is 5.91 Å². The molecule has 0 atom stereocenters. The van der Waals surface area contributed by atoms with Crippen LogP contribution in [0.5, 0.6) is 0 Å². The Labute approximate surface area is 162 Å². The van der Waals surface area contributed by atoms with Crippen molar-refractivity contribution < 1.29 is 4.79 Å². The number of nitrogens with zero attached hydrogens (tertiary/aromatic N) is 1. The van der Waals surface area contributed by atoms with Crippen LogP contribution in [-0.4, -0.2) is 19.0 Å². The Morgan fingerprint density at radius 1 is 1.07 bits per heavy atom. The molecule has 1 aliphatic rings. The summed E-state index contributed by atoms with van der Waals surface area (Å²) in [6.07, 6.45) is 2.39. The number of hydrogen-bond donors (Lipinski definition) is 2. The van der Waals surface area contributed by atoms with Gasteiger partial charge in [-0.2, -0.15) is 0 Å². The molecule has 1 fully saturated rings. The Morgan fingerprint density at radius 2 is 1.70 bits per heavy atom. The Bertz CT molecular complexity index is 797. The highest BCUT2D eigenvalue weighted by molar-refractivity contribution is 6.04. The minimum atomic E-state index is -0.116. The van der Waals surface area contributed by atoms with Gasteiger partial charge in [0.2, 0.25) is 0 Å². The van der Waals surface area contributed by atoms with Gasteiger partial charge in [-0.15, -0.1) is 0 Å². The predicted molar refractivity (Wildman–Crippen MR) is 115 cm³/mol. The van der Waals surface area contributed by atoms with Crippen molar-refractivity contribution in [1.29, 1.82) is 0 Å². The first-order valence-corrected chi connectivity index (χ1v) is 9.80. The molecule has 0 spiro atoms. The number of amides is 1. The van der Waals surface area contributed by atoms with Crippen LogP contribution in [0.15, 0.2) is 42.5 Å². The van der Waals surface area contributed by atoms with Crippen LogP contribution in [0.2, 0.25) is 0 Å². The zero-order valence-electron chi connectivity index (χ0n) is 16.9. The molecule has 3 rings (SSSR count). The molecule has 3 N–H and O–H groups in total. The van der Waals surface area contributed by atoms with Gasteiger partial charge in [-0.1, -0.05) is 39.8 Å². The topological polar surface area (TPSA) is 58.4 Å². The first-order chi connectivity index (χ1) is 12.7. The maximum absolute atomic E-state index is 12.5. The van der Waals surface area contributed by atoms with E-state index in [-0.39, 0.29) is 11.3 Å². The molecule has 2 aromatic carbocycles. The van der Waals surface area contributed by atoms with Gasteiger partial charge in [-0.05, 0) is 60.1 Å². The van der Waals surface area contributed by atoms with Crippen LogP contribution in [0, 0.1) is 5.92 Å². The summed E-state index contributed by atoms with van der Waals surface area (Å²) in [7, 11) is 0. The number of rotatable bonds is 3. The van der Waals surface area contributed by atoms with Crippen molar-refractivity contribution in [2.24, 2.45) is 5.92 Å². The number of hydrogen-bond acceptors (Lipinski definition) is 3. The van der Waals surface area contributed by atoms with E-state index in [0.717, 1.165) is 30.4 Å². The molecule has 1 amide bonds. The van der Waals surface area contributed by atoms with Gasteiger partial charge in [-0.3, -0.25) is 4.79 Å². The number of nitrogens with one attached hydrogen (secondary N) is 1. The Kier molecular flexibility index (Phi) is 5.45. The largest absolute Gasteiger partial charge is 0.397 e. The Morgan fingerprint density at radius 3 is 2.26 bits per heavy atom. The molecule has 0 aromatic heterocycles. The molecule has 0 aliphatic carbocycles. The van der Waals surface area contributed by atoms with E-state index in [0.29, 0.717) is 11.3 Å². The van der Waals surface area contributed by atoms with Crippen molar-refractivity contribution in [2.45, 2.75) is 46.0 Å². The van der Waals surface area contributed by atoms with Crippen molar-refractivity contribution >= 4 is 23.0 Å². The van der Waals surface area contributed by atoms with Crippen molar-refractivity contribution in [2.75, 3.05) is 29.0 Å². The van der Waals surface area contributed by atoms with Crippen LogP contribution in [0.4, 0.5) is 17.1 Å². The van der Waals surface area contributed by atoms with Gasteiger partial charge in [0.15, 0.2) is 0 Å². The van der Waals surface area contributed by atoms with E-state index in [1.807, 2.05) is 42.5 Å². The van der Waals surface area contributed by atoms with E-state index in [2.05, 4.69) is 37.9 Å². The van der Waals surface area contributed by atoms with Gasteiger partial charge >= 0.3 is 0 Å². The molecule has 1 aliphatic heterocycles. The average molecular weight is 366 g/mol. The summed E-state index contributed by atoms with van der Waals surface area (Å²) in [5, 5.41) is 2.96. The van der Waals surface area contributed by atoms with E-state index >= 15 is 0 Å². The number of carbonyl (C=O) groups excluding carboxylic acids is 1. The van der Waals surface area contributed by atoms with E-state index in [4.69, 9.17) is 5.73 Å². The number of anilines is 3. The second-order valence-corrected chi connectivity index (χ2v) is 8.72. The highest BCUT2D eigenvalue weighted by Crippen LogP contribution is 2.30. The minimum absolute atomic E-state index is 0.0749. The lowest BCUT2D eigenvalue weighted by Crippen LogP contribution is -2.33. The zero-order valence-corrected chi connectivity index (χ0v) is 16.9. The lowest BCUT2D eigenvalue weighted by molar-refractivity contribution is 0.102. The summed E-state index contributed by atoms with van der Waals surface area (Å²) in [5.41, 5.74) is 10.7. The summed E-state index contributed by atoms with van der Waals surface area (Å²) >= 11 is 0. The van der Waals surface area contributed by atoms with Gasteiger partial charge in [0, 0.05) is 24.3 Å². The fourth-order valence-corrected chi connectivity index (χ4v) is 3.49. The predicted octanol–water partition coefficient (Wildman–Crippen LogP) is 5.05. The molecule has 4 heteroatoms. The molecule has 2 aromatic rings. The highest BCUT2D eigenvalue weighted by Gasteiger charge is 2.18. The number of carbonyl (C=O) groups is 1. The second kappa shape index (κ2) is 7.63. The smallest absolute Gasteiger partial charge is 0.255 e. The van der Waals surface area contributed by atoms with E-state index in [9.17, 15) is 4.79 Å². The Hall–Kier alpha value is -2.49. The van der Waals surface area contributed by atoms with E-state index in [1.54, 1.807) is 0 Å². The molecule has 0 bridgehead atoms. The van der Waals surface area contributed by atoms with Crippen LogP contribution in [-0.2, 0) is 5.41 Å². The van der Waals surface area contributed by atoms with Gasteiger partial charge in [0.1, 0.15) is 0 Å². The normalized spacial score (nSPS) is 15.6. The first-order valence-electron chi connectivity index (χ1n) is 9.80. The van der Waals surface area contributed by atoms with Crippen molar-refractivity contribution in [3.8, 4) is 0 Å². The van der Waals surface area contributed by atoms with Gasteiger partial charge in [0.05, 0.1) is 11.4 Å². The number of nitrogen functional groups attached to an aromatic ring is 1. The molecule has 144 valence electrons. The van der Waals surface area contributed by atoms with Gasteiger partial charge < -0.3 is 16.0 Å². The third-order valence-corrected chi connectivity index (χ3v) is 5.42. The molecule has 27 heavy (non-hydrogen) atoms. The van der Waals surface area contributed by atoms with E-state index < -0.39 is 0 Å². The first kappa shape index (κ1) is 19.3. The number of piperidine rings is 1. The molecule has 0 saturated carbocycles. The fourth-order valence-electron chi connectivity index (χ4n) is 3.49. The lowest BCUT2D eigenvalue weighted by atomic mass is 9.87. The van der Waals surface area contributed by atoms with Gasteiger partial charge in [-0.25, -0.2) is 0 Å². The van der Waals surface area contributed by atoms with Crippen molar-refractivity contribution in [1.82, 2.24) is 0 Å². The molecular formula is C23H31N3O. The van der Waals surface area contributed by atoms with Crippen molar-refractivity contribution in [3.05, 3.63) is 53.6 Å². The maximum Gasteiger partial charge on any atom is 0.255 e. The van der Waals surface area contributed by atoms with E-state index in [1.165, 1.54) is 18.4 Å². The highest BCUT2D eigenvalue weighted by atomic mass is 16.1. The summed E-state index contributed by atoms with van der Waals surface area (Å²) in [6.45, 7) is 10.9. The average Bonchev–Trinajstić information content (AvgIpc) is 2.62. The van der Waals surface area contributed by atoms with Crippen LogP contribution in [0.1, 0.15) is 56.5 Å². The lowest BCUT2D eigenvalue weighted by Gasteiger charge is -2.33. The van der Waals surface area contributed by atoms with Crippen LogP contribution in [0.25, 0.3) is 0 Å². The quantitative estimate of drug-likeness (QED) is 0.748. The standard InChI is InChI=1S/C23H31N3O/c1-16-11-13-26(14-12-16)21-10-9-19(15-20(21)24)25-22(27)17-5-7-18(8-6-17)23(2,3)4/h5-10,15-16H,11-14,24H2,1-4H3,(H,25,27). The van der Waals surface area contributed by atoms with Crippen molar-refractivity contribution in [3.63, 3.8) is 0 Å². The minimum Gasteiger partial charge on any atom is -0.397 e. The molecular weight excluding hydrogens is 334 g/mol. The summed E-state index contributed by atoms with van der Waals surface area (Å²) in [5.74, 6) is 0.667. The maximum atomic E-state index is 12.5. The summed E-state index contributed by atoms with van der Waals surface area (Å²) < 4.78 is 0. The molecule has 1 heterocycles. The Balaban J connectivity index is 1.68. The zero-order chi connectivity index (χ0) is 19.6. The molecule has 0 unspecified atom stereocenters. The van der Waals surface area contributed by atoms with Crippen LogP contribution in [0.3, 0.4) is 0 Å². The number of benzene rings is 2. The SMILES string of the molecule is CC1CCN(c2ccc(NC(=O)c3ccc(C(C)(C)C)cc3)cc2N)CC1. The summed E-state index contributed by atoms with van der Waals surface area (Å²) in [6, 6.07) is 13.6. The molecule has 4 nitrogen and oxygen atoms in total. The summed E-state index contributed by atoms with van der Waals surface area (Å²) in [4.78, 5) is 14.9. The number of nitrogens with two attached hydrogens (primary N) is 1. The van der Waals surface area contributed by atoms with Crippen LogP contribution >= 0.6 is 0 Å². The molecule has 1 saturated heterocycles. The second-order valence-electron chi connectivity index (χ2n) is 8.72. The van der Waals surface area contributed by atoms with Crippen LogP contribution < -0.4 is 16.0 Å².